The predicted molar refractivity (Wildman–Crippen MR) is 116 cm³/mol. The molecular formula is C24H30O5S. The smallest absolute Gasteiger partial charge is 0.320 e. The molecule has 3 aliphatic rings. The van der Waals surface area contributed by atoms with E-state index in [-0.39, 0.29) is 28.7 Å². The molecule has 4 rings (SSSR count). The van der Waals surface area contributed by atoms with Gasteiger partial charge in [-0.15, -0.1) is 11.8 Å². The number of fused-ring (bicyclic) bond motifs is 4. The molecule has 5 atom stereocenters. The number of rotatable bonds is 4. The first-order valence-electron chi connectivity index (χ1n) is 10.4. The van der Waals surface area contributed by atoms with Crippen LogP contribution in [0.25, 0.3) is 0 Å². The van der Waals surface area contributed by atoms with Crippen molar-refractivity contribution in [1.29, 1.82) is 0 Å². The molecule has 1 fully saturated rings. The average Bonchev–Trinajstić information content (AvgIpc) is 3.09. The van der Waals surface area contributed by atoms with Gasteiger partial charge in [-0.1, -0.05) is 32.9 Å². The molecule has 6 heteroatoms. The molecule has 0 N–H and O–H groups in total. The van der Waals surface area contributed by atoms with Gasteiger partial charge in [-0.05, 0) is 52.3 Å². The van der Waals surface area contributed by atoms with Crippen molar-refractivity contribution in [1.82, 2.24) is 0 Å². The van der Waals surface area contributed by atoms with Gasteiger partial charge in [-0.25, -0.2) is 0 Å². The van der Waals surface area contributed by atoms with Crippen LogP contribution >= 0.6 is 11.8 Å². The number of thioether (sulfide) groups is 1. The molecule has 0 amide bonds. The van der Waals surface area contributed by atoms with Crippen LogP contribution in [0.2, 0.25) is 0 Å². The maximum atomic E-state index is 13.0. The second-order valence-electron chi connectivity index (χ2n) is 9.29. The fourth-order valence-electron chi connectivity index (χ4n) is 5.96. The third-order valence-corrected chi connectivity index (χ3v) is 9.67. The van der Waals surface area contributed by atoms with Crippen LogP contribution in [0.5, 0.6) is 5.75 Å². The lowest BCUT2D eigenvalue weighted by molar-refractivity contribution is -0.152. The highest BCUT2D eigenvalue weighted by molar-refractivity contribution is 8.04. The van der Waals surface area contributed by atoms with Crippen molar-refractivity contribution < 1.29 is 23.8 Å². The zero-order valence-electron chi connectivity index (χ0n) is 18.5. The van der Waals surface area contributed by atoms with Gasteiger partial charge in [0.15, 0.2) is 0 Å². The van der Waals surface area contributed by atoms with Crippen LogP contribution in [0.4, 0.5) is 0 Å². The number of methoxy groups -OCH3 is 3. The van der Waals surface area contributed by atoms with Gasteiger partial charge >= 0.3 is 11.9 Å². The molecule has 5 nitrogen and oxygen atoms in total. The van der Waals surface area contributed by atoms with E-state index in [1.807, 2.05) is 24.3 Å². The van der Waals surface area contributed by atoms with Crippen molar-refractivity contribution in [3.8, 4) is 5.75 Å². The van der Waals surface area contributed by atoms with Crippen molar-refractivity contribution in [2.24, 2.45) is 22.7 Å². The molecule has 0 unspecified atom stereocenters. The molecule has 1 aliphatic heterocycles. The van der Waals surface area contributed by atoms with Gasteiger partial charge in [0.1, 0.15) is 11.0 Å². The number of ether oxygens (including phenoxy) is 3. The van der Waals surface area contributed by atoms with Crippen molar-refractivity contribution in [2.75, 3.05) is 21.3 Å². The zero-order chi connectivity index (χ0) is 21.8. The zero-order valence-corrected chi connectivity index (χ0v) is 19.3. The molecule has 0 radical (unpaired) electrons. The summed E-state index contributed by atoms with van der Waals surface area (Å²) < 4.78 is 15.7. The second-order valence-corrected chi connectivity index (χ2v) is 10.4. The maximum absolute atomic E-state index is 13.0. The summed E-state index contributed by atoms with van der Waals surface area (Å²) in [7, 11) is 4.41. The molecule has 2 aliphatic carbocycles. The summed E-state index contributed by atoms with van der Waals surface area (Å²) in [5.41, 5.74) is 2.40. The second kappa shape index (κ2) is 7.33. The van der Waals surface area contributed by atoms with Crippen molar-refractivity contribution in [3.63, 3.8) is 0 Å². The molecule has 0 aromatic heterocycles. The Balaban J connectivity index is 1.93. The first-order valence-corrected chi connectivity index (χ1v) is 11.3. The minimum Gasteiger partial charge on any atom is -0.497 e. The summed E-state index contributed by atoms with van der Waals surface area (Å²) in [5.74, 6) is -0.436. The fourth-order valence-corrected chi connectivity index (χ4v) is 7.85. The summed E-state index contributed by atoms with van der Waals surface area (Å²) >= 11 is 1.54. The Hall–Kier alpha value is -1.95. The average molecular weight is 431 g/mol. The third-order valence-electron chi connectivity index (χ3n) is 8.01. The molecular weight excluding hydrogens is 400 g/mol. The van der Waals surface area contributed by atoms with Crippen molar-refractivity contribution in [3.05, 3.63) is 40.3 Å². The van der Waals surface area contributed by atoms with Crippen molar-refractivity contribution >= 4 is 23.7 Å². The summed E-state index contributed by atoms with van der Waals surface area (Å²) in [6.45, 7) is 6.98. The van der Waals surface area contributed by atoms with Crippen LogP contribution in [0.3, 0.4) is 0 Å². The quantitative estimate of drug-likeness (QED) is 0.652. The van der Waals surface area contributed by atoms with Crippen molar-refractivity contribution in [2.45, 2.75) is 44.8 Å². The Morgan fingerprint density at radius 2 is 1.63 bits per heavy atom. The van der Waals surface area contributed by atoms with Crippen LogP contribution in [-0.2, 0) is 19.1 Å². The predicted octanol–water partition coefficient (Wildman–Crippen LogP) is 4.57. The monoisotopic (exact) mass is 430 g/mol. The molecule has 1 aromatic carbocycles. The van der Waals surface area contributed by atoms with E-state index in [0.717, 1.165) is 24.2 Å². The summed E-state index contributed by atoms with van der Waals surface area (Å²) in [5, 5.41) is -0.625. The summed E-state index contributed by atoms with van der Waals surface area (Å²) in [4.78, 5) is 27.2. The fraction of sp³-hybridized carbons (Fsp3) is 0.583. The van der Waals surface area contributed by atoms with Crippen LogP contribution < -0.4 is 4.74 Å². The van der Waals surface area contributed by atoms with Crippen LogP contribution in [0.15, 0.2) is 34.7 Å². The van der Waals surface area contributed by atoms with Gasteiger partial charge in [-0.2, -0.15) is 0 Å². The standard InChI is InChI=1S/C24H30O5S/c1-23(2)15-11-12-24(23,3)20-17(15)16(13-7-9-14(27-4)10-8-13)18(21(25)28-5)19(30-20)22(26)29-6/h7-10,15-16,18-19H,11-12H2,1-6H3/t15-,16+,18-,19+,24+/m1/s1. The van der Waals surface area contributed by atoms with E-state index in [0.29, 0.717) is 5.92 Å². The Morgan fingerprint density at radius 1 is 1.00 bits per heavy atom. The van der Waals surface area contributed by atoms with Crippen LogP contribution in [0.1, 0.15) is 45.1 Å². The molecule has 1 saturated carbocycles. The lowest BCUT2D eigenvalue weighted by Crippen LogP contribution is -2.43. The number of carbonyl (C=O) groups is 2. The highest BCUT2D eigenvalue weighted by Gasteiger charge is 2.65. The van der Waals surface area contributed by atoms with Gasteiger partial charge in [0.25, 0.3) is 0 Å². The van der Waals surface area contributed by atoms with E-state index in [1.165, 1.54) is 36.5 Å². The molecule has 1 heterocycles. The van der Waals surface area contributed by atoms with E-state index >= 15 is 0 Å². The first kappa shape index (κ1) is 21.3. The minimum absolute atomic E-state index is 0.00422. The molecule has 30 heavy (non-hydrogen) atoms. The van der Waals surface area contributed by atoms with Gasteiger partial charge < -0.3 is 14.2 Å². The van der Waals surface area contributed by atoms with E-state index in [1.54, 1.807) is 7.11 Å². The number of allylic oxidation sites excluding steroid dienone is 2. The maximum Gasteiger partial charge on any atom is 0.320 e. The summed E-state index contributed by atoms with van der Waals surface area (Å²) in [6.07, 6.45) is 2.20. The van der Waals surface area contributed by atoms with E-state index in [9.17, 15) is 9.59 Å². The van der Waals surface area contributed by atoms with Crippen LogP contribution in [-0.4, -0.2) is 38.5 Å². The van der Waals surface area contributed by atoms with Gasteiger partial charge in [0.05, 0.1) is 27.2 Å². The SMILES string of the molecule is COC(=O)[C@H]1[C@@H](C(=O)OC)SC2=C([C@@H]1c1ccc(OC)cc1)[C@H]1CC[C@]2(C)C1(C)C. The number of hydrogen-bond acceptors (Lipinski definition) is 6. The molecule has 2 bridgehead atoms. The third kappa shape index (κ3) is 2.75. The molecule has 1 aromatic rings. The highest BCUT2D eigenvalue weighted by atomic mass is 32.2. The Bertz CT molecular complexity index is 903. The summed E-state index contributed by atoms with van der Waals surface area (Å²) in [6, 6.07) is 7.85. The Kier molecular flexibility index (Phi) is 5.20. The Labute approximate surface area is 182 Å². The highest BCUT2D eigenvalue weighted by Crippen LogP contribution is 2.74. The number of carbonyl (C=O) groups excluding carboxylic acids is 2. The van der Waals surface area contributed by atoms with E-state index in [4.69, 9.17) is 14.2 Å². The number of esters is 2. The van der Waals surface area contributed by atoms with Gasteiger partial charge in [0, 0.05) is 11.3 Å². The molecule has 162 valence electrons. The van der Waals surface area contributed by atoms with E-state index in [2.05, 4.69) is 20.8 Å². The number of hydrogen-bond donors (Lipinski definition) is 0. The molecule has 0 spiro atoms. The normalized spacial score (nSPS) is 33.8. The first-order chi connectivity index (χ1) is 14.2. The van der Waals surface area contributed by atoms with E-state index < -0.39 is 11.2 Å². The van der Waals surface area contributed by atoms with Gasteiger partial charge in [0.2, 0.25) is 0 Å². The lowest BCUT2D eigenvalue weighted by atomic mass is 9.69. The van der Waals surface area contributed by atoms with Crippen LogP contribution in [0, 0.1) is 22.7 Å². The molecule has 0 saturated heterocycles. The van der Waals surface area contributed by atoms with Gasteiger partial charge in [-0.3, -0.25) is 9.59 Å². The lowest BCUT2D eigenvalue weighted by Gasteiger charge is -2.42. The number of benzene rings is 1. The minimum atomic E-state index is -0.627. The topological polar surface area (TPSA) is 61.8 Å². The largest absolute Gasteiger partial charge is 0.497 e. The Morgan fingerprint density at radius 3 is 2.20 bits per heavy atom.